The van der Waals surface area contributed by atoms with Gasteiger partial charge in [0.1, 0.15) is 23.9 Å². The number of anilines is 1. The highest BCUT2D eigenvalue weighted by Gasteiger charge is 2.33. The number of H-pyrrole nitrogens is 1. The zero-order chi connectivity index (χ0) is 20.7. The lowest BCUT2D eigenvalue weighted by Crippen LogP contribution is -2.27. The van der Waals surface area contributed by atoms with Crippen molar-refractivity contribution in [3.05, 3.63) is 62.8 Å². The highest BCUT2D eigenvalue weighted by molar-refractivity contribution is 5.94. The molecular weight excluding hydrogens is 372 g/mol. The first kappa shape index (κ1) is 19.0. The second-order valence-electron chi connectivity index (χ2n) is 7.63. The minimum Gasteiger partial charge on any atom is -0.489 e. The molecule has 0 fully saturated rings. The summed E-state index contributed by atoms with van der Waals surface area (Å²) >= 11 is 0. The Balaban J connectivity index is 1.58. The Bertz CT molecular complexity index is 1090. The van der Waals surface area contributed by atoms with Crippen molar-refractivity contribution in [2.75, 3.05) is 5.32 Å². The molecule has 29 heavy (non-hydrogen) atoms. The number of aryl methyl sites for hydroxylation is 2. The Morgan fingerprint density at radius 3 is 2.59 bits per heavy atom. The predicted molar refractivity (Wildman–Crippen MR) is 107 cm³/mol. The van der Waals surface area contributed by atoms with Crippen molar-refractivity contribution in [3.8, 4) is 5.75 Å². The van der Waals surface area contributed by atoms with Crippen LogP contribution in [0.25, 0.3) is 0 Å². The van der Waals surface area contributed by atoms with E-state index in [1.54, 1.807) is 4.68 Å². The van der Waals surface area contributed by atoms with Crippen molar-refractivity contribution in [2.24, 2.45) is 0 Å². The van der Waals surface area contributed by atoms with Crippen LogP contribution >= 0.6 is 0 Å². The first-order valence-electron chi connectivity index (χ1n) is 9.64. The number of hydrogen-bond donors (Lipinski definition) is 2. The fourth-order valence-electron chi connectivity index (χ4n) is 3.72. The Labute approximate surface area is 167 Å². The van der Waals surface area contributed by atoms with Crippen molar-refractivity contribution < 1.29 is 14.1 Å². The van der Waals surface area contributed by atoms with Crippen molar-refractivity contribution in [1.29, 1.82) is 0 Å². The van der Waals surface area contributed by atoms with Gasteiger partial charge in [-0.1, -0.05) is 17.3 Å². The van der Waals surface area contributed by atoms with Crippen LogP contribution in [-0.2, 0) is 11.4 Å². The van der Waals surface area contributed by atoms with Crippen LogP contribution in [0.15, 0.2) is 33.6 Å². The van der Waals surface area contributed by atoms with Crippen LogP contribution in [0.1, 0.15) is 60.4 Å². The van der Waals surface area contributed by atoms with E-state index in [0.29, 0.717) is 23.7 Å². The number of amides is 1. The maximum Gasteiger partial charge on any atom is 0.270 e. The van der Waals surface area contributed by atoms with Crippen molar-refractivity contribution in [1.82, 2.24) is 14.9 Å². The fourth-order valence-corrected chi connectivity index (χ4v) is 3.72. The van der Waals surface area contributed by atoms with Crippen molar-refractivity contribution in [3.63, 3.8) is 0 Å². The van der Waals surface area contributed by atoms with Crippen LogP contribution in [-0.4, -0.2) is 20.8 Å². The van der Waals surface area contributed by atoms with E-state index in [1.165, 1.54) is 0 Å². The molecule has 1 unspecified atom stereocenters. The Kier molecular flexibility index (Phi) is 4.77. The molecule has 0 saturated carbocycles. The standard InChI is InChI=1S/C21H24N4O4/c1-11(2)25-20-19(21(27)23-25)16(9-18(26)22-20)14-5-7-15(8-6-14)28-10-17-12(3)24-29-13(17)4/h5-8,11,16H,9-10H2,1-4H3,(H,22,26)(H,23,27). The summed E-state index contributed by atoms with van der Waals surface area (Å²) in [5.74, 6) is 1.61. The fraction of sp³-hybridized carbons (Fsp3) is 0.381. The van der Waals surface area contributed by atoms with E-state index < -0.39 is 0 Å². The molecule has 2 aromatic heterocycles. The van der Waals surface area contributed by atoms with Gasteiger partial charge in [0, 0.05) is 18.4 Å². The number of nitrogens with one attached hydrogen (secondary N) is 2. The largest absolute Gasteiger partial charge is 0.489 e. The second kappa shape index (κ2) is 7.27. The average Bonchev–Trinajstić information content (AvgIpc) is 3.19. The van der Waals surface area contributed by atoms with E-state index in [4.69, 9.17) is 9.26 Å². The van der Waals surface area contributed by atoms with Crippen LogP contribution in [0.2, 0.25) is 0 Å². The molecule has 1 atom stereocenters. The van der Waals surface area contributed by atoms with Gasteiger partial charge in [-0.15, -0.1) is 0 Å². The molecule has 2 N–H and O–H groups in total. The molecule has 8 nitrogen and oxygen atoms in total. The van der Waals surface area contributed by atoms with E-state index in [9.17, 15) is 9.59 Å². The third-order valence-electron chi connectivity index (χ3n) is 5.32. The summed E-state index contributed by atoms with van der Waals surface area (Å²) in [6, 6.07) is 7.55. The molecule has 0 bridgehead atoms. The summed E-state index contributed by atoms with van der Waals surface area (Å²) < 4.78 is 12.7. The molecule has 3 heterocycles. The number of benzene rings is 1. The Morgan fingerprint density at radius 1 is 1.24 bits per heavy atom. The van der Waals surface area contributed by atoms with Gasteiger partial charge in [0.25, 0.3) is 5.56 Å². The molecule has 1 aromatic carbocycles. The minimum absolute atomic E-state index is 0.0330. The highest BCUT2D eigenvalue weighted by atomic mass is 16.5. The van der Waals surface area contributed by atoms with Gasteiger partial charge in [0.2, 0.25) is 5.91 Å². The van der Waals surface area contributed by atoms with Gasteiger partial charge in [-0.05, 0) is 45.4 Å². The number of carbonyl (C=O) groups is 1. The Hall–Kier alpha value is -3.29. The maximum absolute atomic E-state index is 12.6. The molecule has 3 aromatic rings. The molecule has 1 amide bonds. The number of hydrogen-bond acceptors (Lipinski definition) is 5. The molecule has 152 valence electrons. The number of carbonyl (C=O) groups excluding carboxylic acids is 1. The van der Waals surface area contributed by atoms with Gasteiger partial charge >= 0.3 is 0 Å². The quantitative estimate of drug-likeness (QED) is 0.688. The monoisotopic (exact) mass is 396 g/mol. The minimum atomic E-state index is -0.292. The molecule has 8 heteroatoms. The zero-order valence-corrected chi connectivity index (χ0v) is 16.9. The van der Waals surface area contributed by atoms with Gasteiger partial charge in [-0.2, -0.15) is 0 Å². The van der Waals surface area contributed by atoms with Crippen LogP contribution in [0, 0.1) is 13.8 Å². The second-order valence-corrected chi connectivity index (χ2v) is 7.63. The first-order valence-corrected chi connectivity index (χ1v) is 9.64. The number of aromatic nitrogens is 3. The summed E-state index contributed by atoms with van der Waals surface area (Å²) in [6.45, 7) is 8.01. The van der Waals surface area contributed by atoms with Gasteiger partial charge < -0.3 is 14.6 Å². The van der Waals surface area contributed by atoms with Gasteiger partial charge in [-0.25, -0.2) is 0 Å². The molecule has 1 aliphatic heterocycles. The average molecular weight is 396 g/mol. The predicted octanol–water partition coefficient (Wildman–Crippen LogP) is 3.42. The zero-order valence-electron chi connectivity index (χ0n) is 16.9. The van der Waals surface area contributed by atoms with Crippen LogP contribution in [0.5, 0.6) is 5.75 Å². The Morgan fingerprint density at radius 2 is 1.97 bits per heavy atom. The lowest BCUT2D eigenvalue weighted by molar-refractivity contribution is -0.116. The van der Waals surface area contributed by atoms with E-state index in [2.05, 4.69) is 15.6 Å². The highest BCUT2D eigenvalue weighted by Crippen LogP contribution is 2.36. The van der Waals surface area contributed by atoms with Crippen LogP contribution in [0.4, 0.5) is 5.82 Å². The number of aromatic amines is 1. The molecular formula is C21H24N4O4. The SMILES string of the molecule is Cc1noc(C)c1COc1ccc(C2CC(=O)Nc3c2c(=O)[nH]n3C(C)C)cc1. The van der Waals surface area contributed by atoms with E-state index >= 15 is 0 Å². The third kappa shape index (κ3) is 3.46. The molecule has 1 aliphatic rings. The maximum atomic E-state index is 12.6. The third-order valence-corrected chi connectivity index (χ3v) is 5.32. The molecule has 0 saturated heterocycles. The van der Waals surface area contributed by atoms with Gasteiger partial charge in [0.05, 0.1) is 16.8 Å². The van der Waals surface area contributed by atoms with Crippen LogP contribution < -0.4 is 15.6 Å². The number of nitrogens with zero attached hydrogens (tertiary/aromatic N) is 2. The first-order chi connectivity index (χ1) is 13.8. The van der Waals surface area contributed by atoms with Crippen LogP contribution in [0.3, 0.4) is 0 Å². The smallest absolute Gasteiger partial charge is 0.270 e. The lowest BCUT2D eigenvalue weighted by Gasteiger charge is -2.24. The number of rotatable bonds is 5. The van der Waals surface area contributed by atoms with Crippen molar-refractivity contribution in [2.45, 2.75) is 52.7 Å². The van der Waals surface area contributed by atoms with E-state index in [1.807, 2.05) is 52.0 Å². The molecule has 4 rings (SSSR count). The van der Waals surface area contributed by atoms with Gasteiger partial charge in [0.15, 0.2) is 0 Å². The van der Waals surface area contributed by atoms with E-state index in [0.717, 1.165) is 22.6 Å². The summed E-state index contributed by atoms with van der Waals surface area (Å²) in [7, 11) is 0. The lowest BCUT2D eigenvalue weighted by atomic mass is 9.87. The van der Waals surface area contributed by atoms with Gasteiger partial charge in [-0.3, -0.25) is 19.4 Å². The summed E-state index contributed by atoms with van der Waals surface area (Å²) in [5.41, 5.74) is 3.08. The molecule has 0 aliphatic carbocycles. The topological polar surface area (TPSA) is 102 Å². The van der Waals surface area contributed by atoms with Crippen molar-refractivity contribution >= 4 is 11.7 Å². The molecule has 0 spiro atoms. The number of fused-ring (bicyclic) bond motifs is 1. The summed E-state index contributed by atoms with van der Waals surface area (Å²) in [5, 5.41) is 9.61. The van der Waals surface area contributed by atoms with E-state index in [-0.39, 0.29) is 29.8 Å². The molecule has 0 radical (unpaired) electrons. The number of ether oxygens (including phenoxy) is 1. The summed E-state index contributed by atoms with van der Waals surface area (Å²) in [4.78, 5) is 24.9. The summed E-state index contributed by atoms with van der Waals surface area (Å²) in [6.07, 6.45) is 0.234. The normalized spacial score (nSPS) is 16.0.